The number of nitrogens with zero attached hydrogens (tertiary/aromatic N) is 4. The van der Waals surface area contributed by atoms with Gasteiger partial charge in [-0.05, 0) is 0 Å². The second-order valence-electron chi connectivity index (χ2n) is 6.11. The van der Waals surface area contributed by atoms with Gasteiger partial charge in [-0.1, -0.05) is 12.8 Å². The Kier molecular flexibility index (Phi) is 6.30. The highest BCUT2D eigenvalue weighted by Gasteiger charge is 2.50. The van der Waals surface area contributed by atoms with Gasteiger partial charge in [0.15, 0.2) is 17.7 Å². The van der Waals surface area contributed by atoms with Crippen molar-refractivity contribution in [3.05, 3.63) is 12.7 Å². The number of methoxy groups -OCH3 is 1. The van der Waals surface area contributed by atoms with Gasteiger partial charge in [0.1, 0.15) is 36.8 Å². The van der Waals surface area contributed by atoms with Crippen molar-refractivity contribution in [1.29, 1.82) is 0 Å². The maximum absolute atomic E-state index is 12.2. The fraction of sp³-hybridized carbons (Fsp3) is 0.562. The van der Waals surface area contributed by atoms with E-state index < -0.39 is 32.1 Å². The second-order valence-corrected chi connectivity index (χ2v) is 8.23. The summed E-state index contributed by atoms with van der Waals surface area (Å²) in [6.07, 6.45) is 4.89. The van der Waals surface area contributed by atoms with Gasteiger partial charge in [0.25, 0.3) is 0 Å². The molecule has 0 saturated carbocycles. The van der Waals surface area contributed by atoms with Crippen LogP contribution in [0, 0.1) is 12.3 Å². The summed E-state index contributed by atoms with van der Waals surface area (Å²) < 4.78 is 36.3. The Bertz CT molecular complexity index is 915. The zero-order valence-electron chi connectivity index (χ0n) is 15.5. The van der Waals surface area contributed by atoms with E-state index >= 15 is 0 Å². The molecule has 0 spiro atoms. The van der Waals surface area contributed by atoms with Gasteiger partial charge < -0.3 is 24.8 Å². The fourth-order valence-corrected chi connectivity index (χ4v) is 3.79. The third-order valence-electron chi connectivity index (χ3n) is 4.32. The maximum Gasteiger partial charge on any atom is 0.328 e. The quantitative estimate of drug-likeness (QED) is 0.467. The van der Waals surface area contributed by atoms with Crippen molar-refractivity contribution in [3.8, 4) is 12.3 Å². The highest BCUT2D eigenvalue weighted by Crippen LogP contribution is 2.48. The van der Waals surface area contributed by atoms with Gasteiger partial charge in [0.2, 0.25) is 0 Å². The molecule has 3 N–H and O–H groups in total. The molecule has 11 nitrogen and oxygen atoms in total. The summed E-state index contributed by atoms with van der Waals surface area (Å²) >= 11 is 0. The Morgan fingerprint density at radius 1 is 1.43 bits per heavy atom. The highest BCUT2D eigenvalue weighted by molar-refractivity contribution is 7.52. The number of rotatable bonds is 8. The van der Waals surface area contributed by atoms with E-state index in [0.717, 1.165) is 0 Å². The van der Waals surface area contributed by atoms with Crippen LogP contribution in [0.2, 0.25) is 0 Å². The molecule has 2 aromatic rings. The third-order valence-corrected chi connectivity index (χ3v) is 5.69. The molecular weight excluding hydrogens is 389 g/mol. The van der Waals surface area contributed by atoms with Crippen molar-refractivity contribution in [2.24, 2.45) is 0 Å². The number of terminal acetylenes is 1. The molecule has 5 unspecified atom stereocenters. The van der Waals surface area contributed by atoms with Crippen molar-refractivity contribution in [2.75, 3.05) is 32.2 Å². The lowest BCUT2D eigenvalue weighted by Gasteiger charge is -2.25. The number of nitrogens with two attached hydrogens (primary N) is 1. The SMILES string of the molecule is C#CCOC1C(OP(=O)(O)CC)C(COC)OC1n1cnc2c(N)ncnc21. The molecule has 12 heteroatoms. The van der Waals surface area contributed by atoms with Crippen molar-refractivity contribution < 1.29 is 28.2 Å². The predicted molar refractivity (Wildman–Crippen MR) is 99.3 cm³/mol. The average Bonchev–Trinajstić information content (AvgIpc) is 3.23. The normalized spacial score (nSPS) is 26.9. The zero-order valence-corrected chi connectivity index (χ0v) is 16.4. The molecule has 0 amide bonds. The maximum atomic E-state index is 12.2. The molecule has 28 heavy (non-hydrogen) atoms. The number of fused-ring (bicyclic) bond motifs is 1. The van der Waals surface area contributed by atoms with Crippen LogP contribution in [0.5, 0.6) is 0 Å². The van der Waals surface area contributed by atoms with E-state index in [-0.39, 0.29) is 25.2 Å². The minimum absolute atomic E-state index is 0.0459. The van der Waals surface area contributed by atoms with Crippen molar-refractivity contribution in [3.63, 3.8) is 0 Å². The summed E-state index contributed by atoms with van der Waals surface area (Å²) in [4.78, 5) is 22.4. The first kappa shape index (κ1) is 20.7. The first-order chi connectivity index (χ1) is 13.4. The summed E-state index contributed by atoms with van der Waals surface area (Å²) in [6, 6.07) is 0. The van der Waals surface area contributed by atoms with Crippen LogP contribution < -0.4 is 5.73 Å². The van der Waals surface area contributed by atoms with Crippen LogP contribution in [0.3, 0.4) is 0 Å². The van der Waals surface area contributed by atoms with E-state index in [1.807, 2.05) is 0 Å². The van der Waals surface area contributed by atoms with Crippen LogP contribution in [-0.4, -0.2) is 69.2 Å². The molecule has 5 atom stereocenters. The zero-order chi connectivity index (χ0) is 20.3. The Morgan fingerprint density at radius 3 is 2.89 bits per heavy atom. The summed E-state index contributed by atoms with van der Waals surface area (Å²) in [6.45, 7) is 1.63. The van der Waals surface area contributed by atoms with Crippen molar-refractivity contribution in [2.45, 2.75) is 31.5 Å². The van der Waals surface area contributed by atoms with Gasteiger partial charge in [-0.2, -0.15) is 0 Å². The molecule has 0 bridgehead atoms. The van der Waals surface area contributed by atoms with E-state index in [4.69, 9.17) is 30.9 Å². The van der Waals surface area contributed by atoms with Crippen LogP contribution in [0.1, 0.15) is 13.2 Å². The molecular formula is C16H22N5O6P. The first-order valence-electron chi connectivity index (χ1n) is 8.54. The second kappa shape index (κ2) is 8.53. The molecule has 2 aromatic heterocycles. The van der Waals surface area contributed by atoms with E-state index in [1.54, 1.807) is 11.5 Å². The molecule has 152 valence electrons. The number of hydrogen-bond acceptors (Lipinski definition) is 9. The molecule has 1 aliphatic rings. The lowest BCUT2D eigenvalue weighted by Crippen LogP contribution is -2.38. The molecule has 1 aliphatic heterocycles. The van der Waals surface area contributed by atoms with Gasteiger partial charge in [0, 0.05) is 13.3 Å². The average molecular weight is 411 g/mol. The molecule has 0 radical (unpaired) electrons. The Labute approximate surface area is 161 Å². The van der Waals surface area contributed by atoms with Crippen LogP contribution >= 0.6 is 7.60 Å². The first-order valence-corrected chi connectivity index (χ1v) is 10.3. The summed E-state index contributed by atoms with van der Waals surface area (Å²) in [7, 11) is -2.36. The topological polar surface area (TPSA) is 144 Å². The van der Waals surface area contributed by atoms with Gasteiger partial charge in [-0.25, -0.2) is 15.0 Å². The number of anilines is 1. The summed E-state index contributed by atoms with van der Waals surface area (Å²) in [5.41, 5.74) is 6.67. The van der Waals surface area contributed by atoms with Crippen LogP contribution in [0.15, 0.2) is 12.7 Å². The summed E-state index contributed by atoms with van der Waals surface area (Å²) in [5.74, 6) is 2.60. The van der Waals surface area contributed by atoms with Gasteiger partial charge in [-0.3, -0.25) is 13.7 Å². The van der Waals surface area contributed by atoms with Crippen LogP contribution in [-0.2, 0) is 23.3 Å². The number of imidazole rings is 1. The third kappa shape index (κ3) is 4.03. The predicted octanol–water partition coefficient (Wildman–Crippen LogP) is 0.561. The number of hydrogen-bond donors (Lipinski definition) is 2. The molecule has 3 heterocycles. The number of nitrogen functional groups attached to an aromatic ring is 1. The summed E-state index contributed by atoms with van der Waals surface area (Å²) in [5, 5.41) is 0. The van der Waals surface area contributed by atoms with Gasteiger partial charge in [-0.15, -0.1) is 6.42 Å². The molecule has 1 saturated heterocycles. The standard InChI is InChI=1S/C16H22N5O6P/c1-4-6-25-13-12(27-28(22,23)5-2)10(7-24-3)26-16(13)21-9-20-11-14(17)18-8-19-15(11)21/h1,8-10,12-13,16H,5-7H2,2-3H3,(H,22,23)(H2,17,18,19). The highest BCUT2D eigenvalue weighted by atomic mass is 31.2. The molecule has 1 fully saturated rings. The lowest BCUT2D eigenvalue weighted by atomic mass is 10.1. The fourth-order valence-electron chi connectivity index (χ4n) is 3.00. The molecule has 0 aliphatic carbocycles. The monoisotopic (exact) mass is 411 g/mol. The molecule has 0 aromatic carbocycles. The van der Waals surface area contributed by atoms with Crippen LogP contribution in [0.25, 0.3) is 11.2 Å². The van der Waals surface area contributed by atoms with Gasteiger partial charge >= 0.3 is 7.60 Å². The van der Waals surface area contributed by atoms with Crippen molar-refractivity contribution in [1.82, 2.24) is 19.5 Å². The minimum Gasteiger partial charge on any atom is -0.382 e. The van der Waals surface area contributed by atoms with Crippen molar-refractivity contribution >= 4 is 24.6 Å². The lowest BCUT2D eigenvalue weighted by molar-refractivity contribution is -0.0670. The van der Waals surface area contributed by atoms with E-state index in [0.29, 0.717) is 11.2 Å². The van der Waals surface area contributed by atoms with E-state index in [1.165, 1.54) is 19.8 Å². The molecule has 3 rings (SSSR count). The van der Waals surface area contributed by atoms with E-state index in [9.17, 15) is 9.46 Å². The Morgan fingerprint density at radius 2 is 2.21 bits per heavy atom. The smallest absolute Gasteiger partial charge is 0.328 e. The number of aromatic nitrogens is 4. The number of ether oxygens (including phenoxy) is 3. The Hall–Kier alpha value is -2.06. The van der Waals surface area contributed by atoms with E-state index in [2.05, 4.69) is 20.9 Å². The minimum atomic E-state index is -3.85. The largest absolute Gasteiger partial charge is 0.382 e. The van der Waals surface area contributed by atoms with Crippen LogP contribution in [0.4, 0.5) is 5.82 Å². The van der Waals surface area contributed by atoms with Gasteiger partial charge in [0.05, 0.1) is 12.9 Å². The Balaban J connectivity index is 2.01.